The van der Waals surface area contributed by atoms with Gasteiger partial charge in [0.2, 0.25) is 0 Å². The molecule has 20 heavy (non-hydrogen) atoms. The van der Waals surface area contributed by atoms with Crippen LogP contribution < -0.4 is 11.3 Å². The van der Waals surface area contributed by atoms with E-state index in [1.165, 1.54) is 12.1 Å². The van der Waals surface area contributed by atoms with Gasteiger partial charge in [0.15, 0.2) is 0 Å². The monoisotopic (exact) mass is 273 g/mol. The molecular weight excluding hydrogens is 258 g/mol. The fourth-order valence-electron chi connectivity index (χ4n) is 2.10. The number of hydrogen-bond acceptors (Lipinski definition) is 4. The highest BCUT2D eigenvalue weighted by Crippen LogP contribution is 2.21. The van der Waals surface area contributed by atoms with E-state index in [0.29, 0.717) is 12.1 Å². The molecule has 0 spiro atoms. The summed E-state index contributed by atoms with van der Waals surface area (Å²) < 4.78 is 1.61. The third kappa shape index (κ3) is 2.46. The fraction of sp³-hybridized carbons (Fsp3) is 0.214. The number of nitrogens with two attached hydrogens (primary N) is 1. The zero-order valence-corrected chi connectivity index (χ0v) is 11.1. The van der Waals surface area contributed by atoms with Gasteiger partial charge in [0, 0.05) is 30.8 Å². The number of non-ortho nitro benzene ring substituents is 1. The number of rotatable bonds is 4. The smallest absolute Gasteiger partial charge is 0.269 e. The molecule has 0 atom stereocenters. The Labute approximate surface area is 115 Å². The Morgan fingerprint density at radius 1 is 1.20 bits per heavy atom. The minimum absolute atomic E-state index is 0.0257. The fourth-order valence-corrected chi connectivity index (χ4v) is 2.10. The van der Waals surface area contributed by atoms with Gasteiger partial charge < -0.3 is 10.3 Å². The Morgan fingerprint density at radius 3 is 2.35 bits per heavy atom. The van der Waals surface area contributed by atoms with E-state index in [-0.39, 0.29) is 17.8 Å². The molecule has 0 bridgehead atoms. The quantitative estimate of drug-likeness (QED) is 0.680. The van der Waals surface area contributed by atoms with Crippen LogP contribution in [0.3, 0.4) is 0 Å². The first-order valence-corrected chi connectivity index (χ1v) is 6.26. The summed E-state index contributed by atoms with van der Waals surface area (Å²) in [5, 5.41) is 10.6. The molecular formula is C14H15N3O3. The SMILES string of the molecule is CCn1c(-c2ccc([N+](=O)[O-])cc2)ccc(CN)c1=O. The Kier molecular flexibility index (Phi) is 3.95. The first kappa shape index (κ1) is 14.0. The van der Waals surface area contributed by atoms with Crippen LogP contribution in [-0.4, -0.2) is 9.49 Å². The van der Waals surface area contributed by atoms with Gasteiger partial charge in [-0.15, -0.1) is 0 Å². The Morgan fingerprint density at radius 2 is 1.85 bits per heavy atom. The lowest BCUT2D eigenvalue weighted by atomic mass is 10.1. The van der Waals surface area contributed by atoms with Gasteiger partial charge in [-0.25, -0.2) is 0 Å². The molecule has 1 aromatic heterocycles. The second kappa shape index (κ2) is 5.66. The first-order valence-electron chi connectivity index (χ1n) is 6.26. The summed E-state index contributed by atoms with van der Waals surface area (Å²) in [4.78, 5) is 22.4. The molecule has 2 N–H and O–H groups in total. The van der Waals surface area contributed by atoms with Gasteiger partial charge >= 0.3 is 0 Å². The maximum atomic E-state index is 12.2. The van der Waals surface area contributed by atoms with Crippen molar-refractivity contribution >= 4 is 5.69 Å². The van der Waals surface area contributed by atoms with E-state index in [4.69, 9.17) is 5.73 Å². The van der Waals surface area contributed by atoms with Crippen LogP contribution in [0, 0.1) is 10.1 Å². The number of pyridine rings is 1. The molecule has 104 valence electrons. The molecule has 2 aromatic rings. The van der Waals surface area contributed by atoms with Gasteiger partial charge in [-0.05, 0) is 30.7 Å². The Balaban J connectivity index is 2.55. The first-order chi connectivity index (χ1) is 9.58. The lowest BCUT2D eigenvalue weighted by Gasteiger charge is -2.12. The van der Waals surface area contributed by atoms with Crippen LogP contribution in [0.25, 0.3) is 11.3 Å². The van der Waals surface area contributed by atoms with Crippen molar-refractivity contribution in [3.05, 3.63) is 62.4 Å². The molecule has 2 rings (SSSR count). The van der Waals surface area contributed by atoms with Crippen LogP contribution in [0.4, 0.5) is 5.69 Å². The lowest BCUT2D eigenvalue weighted by molar-refractivity contribution is -0.384. The third-order valence-corrected chi connectivity index (χ3v) is 3.16. The van der Waals surface area contributed by atoms with Crippen molar-refractivity contribution in [1.29, 1.82) is 0 Å². The van der Waals surface area contributed by atoms with Gasteiger partial charge in [-0.3, -0.25) is 14.9 Å². The molecule has 0 radical (unpaired) electrons. The molecule has 0 aliphatic heterocycles. The molecule has 0 amide bonds. The van der Waals surface area contributed by atoms with Crippen LogP contribution in [0.5, 0.6) is 0 Å². The van der Waals surface area contributed by atoms with Crippen molar-refractivity contribution in [2.75, 3.05) is 0 Å². The summed E-state index contributed by atoms with van der Waals surface area (Å²) in [5.74, 6) is 0. The maximum Gasteiger partial charge on any atom is 0.269 e. The number of hydrogen-bond donors (Lipinski definition) is 1. The topological polar surface area (TPSA) is 91.2 Å². The van der Waals surface area contributed by atoms with Gasteiger partial charge in [-0.2, -0.15) is 0 Å². The molecule has 0 fully saturated rings. The predicted octanol–water partition coefficient (Wildman–Crippen LogP) is 1.90. The van der Waals surface area contributed by atoms with E-state index >= 15 is 0 Å². The van der Waals surface area contributed by atoms with Gasteiger partial charge in [0.05, 0.1) is 10.6 Å². The minimum atomic E-state index is -0.450. The zero-order chi connectivity index (χ0) is 14.7. The predicted molar refractivity (Wildman–Crippen MR) is 76.4 cm³/mol. The Hall–Kier alpha value is -2.47. The molecule has 1 aromatic carbocycles. The number of nitrogens with zero attached hydrogens (tertiary/aromatic N) is 2. The summed E-state index contributed by atoms with van der Waals surface area (Å²) >= 11 is 0. The lowest BCUT2D eigenvalue weighted by Crippen LogP contribution is -2.25. The second-order valence-electron chi connectivity index (χ2n) is 4.30. The van der Waals surface area contributed by atoms with Crippen molar-refractivity contribution in [2.24, 2.45) is 5.73 Å². The van der Waals surface area contributed by atoms with Crippen LogP contribution in [0.15, 0.2) is 41.2 Å². The summed E-state index contributed by atoms with van der Waals surface area (Å²) in [7, 11) is 0. The van der Waals surface area contributed by atoms with E-state index in [1.54, 1.807) is 22.8 Å². The van der Waals surface area contributed by atoms with E-state index in [1.807, 2.05) is 13.0 Å². The van der Waals surface area contributed by atoms with Crippen molar-refractivity contribution in [1.82, 2.24) is 4.57 Å². The maximum absolute atomic E-state index is 12.2. The summed E-state index contributed by atoms with van der Waals surface area (Å²) in [6.45, 7) is 2.58. The molecule has 0 unspecified atom stereocenters. The molecule has 6 heteroatoms. The molecule has 0 aliphatic rings. The highest BCUT2D eigenvalue weighted by atomic mass is 16.6. The van der Waals surface area contributed by atoms with E-state index in [2.05, 4.69) is 0 Å². The van der Waals surface area contributed by atoms with Crippen LogP contribution in [0.1, 0.15) is 12.5 Å². The van der Waals surface area contributed by atoms with Gasteiger partial charge in [0.1, 0.15) is 0 Å². The van der Waals surface area contributed by atoms with Gasteiger partial charge in [0.25, 0.3) is 11.2 Å². The van der Waals surface area contributed by atoms with Crippen molar-refractivity contribution in [2.45, 2.75) is 20.0 Å². The average molecular weight is 273 g/mol. The second-order valence-corrected chi connectivity index (χ2v) is 4.30. The van der Waals surface area contributed by atoms with Crippen molar-refractivity contribution in [3.8, 4) is 11.3 Å². The van der Waals surface area contributed by atoms with Crippen LogP contribution in [0.2, 0.25) is 0 Å². The number of aromatic nitrogens is 1. The summed E-state index contributed by atoms with van der Waals surface area (Å²) in [6, 6.07) is 9.65. The average Bonchev–Trinajstić information content (AvgIpc) is 2.47. The van der Waals surface area contributed by atoms with Crippen molar-refractivity contribution < 1.29 is 4.92 Å². The zero-order valence-electron chi connectivity index (χ0n) is 11.1. The molecule has 6 nitrogen and oxygen atoms in total. The minimum Gasteiger partial charge on any atom is -0.326 e. The third-order valence-electron chi connectivity index (χ3n) is 3.16. The van der Waals surface area contributed by atoms with Gasteiger partial charge in [-0.1, -0.05) is 6.07 Å². The molecule has 0 saturated heterocycles. The number of nitro benzene ring substituents is 1. The Bertz CT molecular complexity index is 690. The number of nitro groups is 1. The number of benzene rings is 1. The molecule has 1 heterocycles. The van der Waals surface area contributed by atoms with Crippen LogP contribution >= 0.6 is 0 Å². The standard InChI is InChI=1S/C14H15N3O3/c1-2-16-13(8-5-11(9-15)14(16)18)10-3-6-12(7-4-10)17(19)20/h3-8H,2,9,15H2,1H3. The highest BCUT2D eigenvalue weighted by Gasteiger charge is 2.10. The van der Waals surface area contributed by atoms with E-state index < -0.39 is 4.92 Å². The van der Waals surface area contributed by atoms with Crippen LogP contribution in [-0.2, 0) is 13.1 Å². The van der Waals surface area contributed by atoms with E-state index in [0.717, 1.165) is 11.3 Å². The van der Waals surface area contributed by atoms with E-state index in [9.17, 15) is 14.9 Å². The molecule has 0 saturated carbocycles. The largest absolute Gasteiger partial charge is 0.326 e. The summed E-state index contributed by atoms with van der Waals surface area (Å²) in [6.07, 6.45) is 0. The molecule has 0 aliphatic carbocycles. The highest BCUT2D eigenvalue weighted by molar-refractivity contribution is 5.61. The normalized spacial score (nSPS) is 10.5. The van der Waals surface area contributed by atoms with Crippen molar-refractivity contribution in [3.63, 3.8) is 0 Å². The summed E-state index contributed by atoms with van der Waals surface area (Å²) in [5.41, 5.74) is 7.48.